The lowest BCUT2D eigenvalue weighted by Gasteiger charge is -2.35. The molecule has 5 heteroatoms. The minimum Gasteiger partial charge on any atom is -0.489 e. The summed E-state index contributed by atoms with van der Waals surface area (Å²) in [5.41, 5.74) is 3.15. The maximum Gasteiger partial charge on any atom is 0.258 e. The van der Waals surface area contributed by atoms with E-state index >= 15 is 0 Å². The highest BCUT2D eigenvalue weighted by atomic mass is 35.5. The average molecular weight is 410 g/mol. The number of rotatable bonds is 4. The molecule has 1 aliphatic heterocycles. The Balaban J connectivity index is 1.55. The summed E-state index contributed by atoms with van der Waals surface area (Å²) in [5, 5.41) is 0.653. The van der Waals surface area contributed by atoms with E-state index < -0.39 is 0 Å². The van der Waals surface area contributed by atoms with Crippen LogP contribution in [0.15, 0.2) is 66.7 Å². The number of carbonyl (C=O) groups is 1. The van der Waals surface area contributed by atoms with E-state index in [0.29, 0.717) is 22.9 Å². The second-order valence-corrected chi connectivity index (χ2v) is 7.72. The summed E-state index contributed by atoms with van der Waals surface area (Å²) >= 11 is 5.90. The van der Waals surface area contributed by atoms with Gasteiger partial charge in [-0.3, -0.25) is 4.79 Å². The third kappa shape index (κ3) is 4.28. The van der Waals surface area contributed by atoms with Gasteiger partial charge in [-0.2, -0.15) is 0 Å². The minimum absolute atomic E-state index is 0.0504. The molecular formula is C24H21ClFNO2. The van der Waals surface area contributed by atoms with Crippen molar-refractivity contribution in [1.82, 2.24) is 0 Å². The maximum atomic E-state index is 13.6. The van der Waals surface area contributed by atoms with Gasteiger partial charge in [-0.05, 0) is 85.5 Å². The first-order chi connectivity index (χ1) is 14.0. The van der Waals surface area contributed by atoms with Gasteiger partial charge < -0.3 is 9.64 Å². The molecule has 148 valence electrons. The quantitative estimate of drug-likeness (QED) is 0.525. The van der Waals surface area contributed by atoms with Crippen LogP contribution in [0.25, 0.3) is 0 Å². The molecule has 0 fully saturated rings. The van der Waals surface area contributed by atoms with Gasteiger partial charge in [-0.1, -0.05) is 23.7 Å². The van der Waals surface area contributed by atoms with Gasteiger partial charge in [0.05, 0.1) is 0 Å². The van der Waals surface area contributed by atoms with Gasteiger partial charge in [0.25, 0.3) is 5.91 Å². The van der Waals surface area contributed by atoms with Crippen LogP contribution in [0, 0.1) is 5.82 Å². The number of hydrogen-bond acceptors (Lipinski definition) is 2. The van der Waals surface area contributed by atoms with Crippen LogP contribution in [0.1, 0.15) is 34.8 Å². The Bertz CT molecular complexity index is 1040. The van der Waals surface area contributed by atoms with Crippen molar-refractivity contribution in [3.05, 3.63) is 94.3 Å². The average Bonchev–Trinajstić information content (AvgIpc) is 2.73. The molecule has 1 heterocycles. The lowest BCUT2D eigenvalue weighted by molar-refractivity contribution is 0.0975. The second kappa shape index (κ2) is 8.26. The number of halogens is 2. The molecule has 1 amide bonds. The number of hydrogen-bond donors (Lipinski definition) is 0. The summed E-state index contributed by atoms with van der Waals surface area (Å²) < 4.78 is 19.4. The predicted molar refractivity (Wildman–Crippen MR) is 113 cm³/mol. The van der Waals surface area contributed by atoms with E-state index in [1.54, 1.807) is 29.2 Å². The van der Waals surface area contributed by atoms with Crippen molar-refractivity contribution in [2.24, 2.45) is 0 Å². The van der Waals surface area contributed by atoms with Crippen LogP contribution in [0.3, 0.4) is 0 Å². The molecule has 0 unspecified atom stereocenters. The van der Waals surface area contributed by atoms with Gasteiger partial charge in [0.1, 0.15) is 18.2 Å². The summed E-state index contributed by atoms with van der Waals surface area (Å²) in [6, 6.07) is 19.3. The Hall–Kier alpha value is -2.85. The Labute approximate surface area is 174 Å². The molecule has 1 atom stereocenters. The van der Waals surface area contributed by atoms with Gasteiger partial charge in [0.15, 0.2) is 0 Å². The molecule has 0 aromatic heterocycles. The molecule has 0 saturated carbocycles. The van der Waals surface area contributed by atoms with Crippen molar-refractivity contribution in [3.8, 4) is 5.75 Å². The number of aryl methyl sites for hydroxylation is 1. The largest absolute Gasteiger partial charge is 0.489 e. The number of nitrogens with zero attached hydrogens (tertiary/aromatic N) is 1. The van der Waals surface area contributed by atoms with Crippen LogP contribution in [0.4, 0.5) is 10.1 Å². The molecule has 3 aromatic carbocycles. The molecule has 0 radical (unpaired) electrons. The molecule has 0 saturated heterocycles. The lowest BCUT2D eigenvalue weighted by atomic mass is 9.95. The number of fused-ring (bicyclic) bond motifs is 1. The summed E-state index contributed by atoms with van der Waals surface area (Å²) in [4.78, 5) is 15.1. The molecule has 29 heavy (non-hydrogen) atoms. The van der Waals surface area contributed by atoms with Crippen LogP contribution in [-0.2, 0) is 13.0 Å². The van der Waals surface area contributed by atoms with Crippen molar-refractivity contribution in [3.63, 3.8) is 0 Å². The molecule has 0 bridgehead atoms. The first kappa shape index (κ1) is 19.5. The van der Waals surface area contributed by atoms with E-state index in [-0.39, 0.29) is 17.8 Å². The van der Waals surface area contributed by atoms with E-state index in [0.717, 1.165) is 29.7 Å². The van der Waals surface area contributed by atoms with Crippen molar-refractivity contribution in [2.75, 3.05) is 4.90 Å². The number of amides is 1. The highest BCUT2D eigenvalue weighted by Crippen LogP contribution is 2.32. The van der Waals surface area contributed by atoms with E-state index in [2.05, 4.69) is 0 Å². The van der Waals surface area contributed by atoms with Crippen molar-refractivity contribution >= 4 is 23.2 Å². The number of benzene rings is 3. The number of ether oxygens (including phenoxy) is 1. The second-order valence-electron chi connectivity index (χ2n) is 7.28. The minimum atomic E-state index is -0.271. The van der Waals surface area contributed by atoms with E-state index in [1.165, 1.54) is 12.1 Å². The number of anilines is 1. The van der Waals surface area contributed by atoms with Crippen molar-refractivity contribution < 1.29 is 13.9 Å². The van der Waals surface area contributed by atoms with Gasteiger partial charge in [-0.25, -0.2) is 4.39 Å². The smallest absolute Gasteiger partial charge is 0.258 e. The molecule has 3 nitrogen and oxygen atoms in total. The van der Waals surface area contributed by atoms with E-state index in [4.69, 9.17) is 16.3 Å². The highest BCUT2D eigenvalue weighted by Gasteiger charge is 2.29. The first-order valence-electron chi connectivity index (χ1n) is 9.60. The third-order valence-electron chi connectivity index (χ3n) is 5.19. The molecule has 3 aromatic rings. The highest BCUT2D eigenvalue weighted by molar-refractivity contribution is 6.30. The van der Waals surface area contributed by atoms with Crippen LogP contribution in [-0.4, -0.2) is 11.9 Å². The van der Waals surface area contributed by atoms with E-state index in [1.807, 2.05) is 37.3 Å². The van der Waals surface area contributed by atoms with Crippen molar-refractivity contribution in [1.29, 1.82) is 0 Å². The fourth-order valence-corrected chi connectivity index (χ4v) is 3.79. The van der Waals surface area contributed by atoms with Gasteiger partial charge >= 0.3 is 0 Å². The van der Waals surface area contributed by atoms with Crippen LogP contribution >= 0.6 is 11.6 Å². The summed E-state index contributed by atoms with van der Waals surface area (Å²) in [5.74, 6) is 0.359. The first-order valence-corrected chi connectivity index (χ1v) is 9.98. The molecule has 0 N–H and O–H groups in total. The van der Waals surface area contributed by atoms with Gasteiger partial charge in [-0.15, -0.1) is 0 Å². The topological polar surface area (TPSA) is 29.5 Å². The molecular weight excluding hydrogens is 389 g/mol. The van der Waals surface area contributed by atoms with Crippen LogP contribution in [0.5, 0.6) is 5.75 Å². The molecule has 4 rings (SSSR count). The normalized spacial score (nSPS) is 15.7. The van der Waals surface area contributed by atoms with Gasteiger partial charge in [0, 0.05) is 22.3 Å². The number of carbonyl (C=O) groups excluding carboxylic acids is 1. The standard InChI is InChI=1S/C24H21ClFNO2/c1-16-5-6-18-14-21(26)9-12-23(18)27(16)24(28)19-4-2-3-17(13-19)15-29-22-10-7-20(25)8-11-22/h2-4,7-14,16H,5-6,15H2,1H3/t16-/m0/s1. The molecule has 0 aliphatic carbocycles. The molecule has 0 spiro atoms. The van der Waals surface area contributed by atoms with E-state index in [9.17, 15) is 9.18 Å². The Morgan fingerprint density at radius 2 is 1.93 bits per heavy atom. The zero-order chi connectivity index (χ0) is 20.4. The monoisotopic (exact) mass is 409 g/mol. The SMILES string of the molecule is C[C@H]1CCc2cc(F)ccc2N1C(=O)c1cccc(COc2ccc(Cl)cc2)c1. The summed E-state index contributed by atoms with van der Waals surface area (Å²) in [6.07, 6.45) is 1.58. The Kier molecular flexibility index (Phi) is 5.54. The Morgan fingerprint density at radius 3 is 2.72 bits per heavy atom. The summed E-state index contributed by atoms with van der Waals surface area (Å²) in [7, 11) is 0. The van der Waals surface area contributed by atoms with Crippen molar-refractivity contribution in [2.45, 2.75) is 32.4 Å². The Morgan fingerprint density at radius 1 is 1.14 bits per heavy atom. The maximum absolute atomic E-state index is 13.6. The third-order valence-corrected chi connectivity index (χ3v) is 5.44. The fourth-order valence-electron chi connectivity index (χ4n) is 3.66. The molecule has 1 aliphatic rings. The van der Waals surface area contributed by atoms with Gasteiger partial charge in [0.2, 0.25) is 0 Å². The zero-order valence-corrected chi connectivity index (χ0v) is 16.8. The van der Waals surface area contributed by atoms with Crippen LogP contribution < -0.4 is 9.64 Å². The fraction of sp³-hybridized carbons (Fsp3) is 0.208. The van der Waals surface area contributed by atoms with Crippen LogP contribution in [0.2, 0.25) is 5.02 Å². The lowest BCUT2D eigenvalue weighted by Crippen LogP contribution is -2.42. The predicted octanol–water partition coefficient (Wildman–Crippen LogP) is 6.04. The summed E-state index contributed by atoms with van der Waals surface area (Å²) in [6.45, 7) is 2.37. The zero-order valence-electron chi connectivity index (χ0n) is 16.1.